The van der Waals surface area contributed by atoms with Crippen LogP contribution in [0.2, 0.25) is 5.02 Å². The number of nitrogens with one attached hydrogen (secondary N) is 1. The van der Waals surface area contributed by atoms with Gasteiger partial charge in [-0.2, -0.15) is 0 Å². The van der Waals surface area contributed by atoms with Gasteiger partial charge in [-0.1, -0.05) is 16.8 Å². The van der Waals surface area contributed by atoms with E-state index in [1.807, 2.05) is 0 Å². The Hall–Kier alpha value is -2.21. The summed E-state index contributed by atoms with van der Waals surface area (Å²) >= 11 is 6.08. The fourth-order valence-electron chi connectivity index (χ4n) is 1.59. The summed E-state index contributed by atoms with van der Waals surface area (Å²) in [6.07, 6.45) is 1.46. The summed E-state index contributed by atoms with van der Waals surface area (Å²) in [5, 5.41) is 7.10. The van der Waals surface area contributed by atoms with E-state index in [1.165, 1.54) is 19.4 Å². The summed E-state index contributed by atoms with van der Waals surface area (Å²) in [6.45, 7) is 0.365. The first-order chi connectivity index (χ1) is 9.11. The number of aromatic nitrogens is 1. The summed E-state index contributed by atoms with van der Waals surface area (Å²) in [4.78, 5) is 11.7. The van der Waals surface area contributed by atoms with Gasteiger partial charge in [0.2, 0.25) is 0 Å². The van der Waals surface area contributed by atoms with Crippen molar-refractivity contribution in [3.63, 3.8) is 0 Å². The molecule has 6 nitrogen and oxygen atoms in total. The molecule has 1 aromatic heterocycles. The molecule has 100 valence electrons. The van der Waals surface area contributed by atoms with Crippen molar-refractivity contribution in [3.05, 3.63) is 40.7 Å². The van der Waals surface area contributed by atoms with Crippen molar-refractivity contribution in [2.75, 3.05) is 18.2 Å². The van der Waals surface area contributed by atoms with Gasteiger partial charge in [0.15, 0.2) is 0 Å². The average Bonchev–Trinajstić information content (AvgIpc) is 2.89. The second kappa shape index (κ2) is 5.62. The number of methoxy groups -OCH3 is 1. The molecule has 0 aliphatic rings. The van der Waals surface area contributed by atoms with E-state index in [0.717, 1.165) is 0 Å². The highest BCUT2D eigenvalue weighted by molar-refractivity contribution is 6.34. The summed E-state index contributed by atoms with van der Waals surface area (Å²) in [5.74, 6) is -0.517. The van der Waals surface area contributed by atoms with Crippen molar-refractivity contribution in [1.29, 1.82) is 0 Å². The summed E-state index contributed by atoms with van der Waals surface area (Å²) in [7, 11) is 1.29. The first-order valence-electron chi connectivity index (χ1n) is 5.42. The molecule has 1 aromatic carbocycles. The monoisotopic (exact) mass is 281 g/mol. The minimum absolute atomic E-state index is 0.274. The molecule has 0 aliphatic heterocycles. The van der Waals surface area contributed by atoms with Gasteiger partial charge in [-0.15, -0.1) is 0 Å². The van der Waals surface area contributed by atoms with Crippen molar-refractivity contribution >= 4 is 28.9 Å². The molecule has 3 N–H and O–H groups in total. The average molecular weight is 282 g/mol. The maximum absolute atomic E-state index is 11.7. The van der Waals surface area contributed by atoms with Crippen LogP contribution < -0.4 is 11.1 Å². The molecule has 7 heteroatoms. The lowest BCUT2D eigenvalue weighted by atomic mass is 10.1. The van der Waals surface area contributed by atoms with Gasteiger partial charge < -0.3 is 20.3 Å². The van der Waals surface area contributed by atoms with Gasteiger partial charge in [0, 0.05) is 11.8 Å². The molecule has 0 saturated heterocycles. The lowest BCUT2D eigenvalue weighted by Crippen LogP contribution is -2.10. The molecule has 0 unspecified atom stereocenters. The Kier molecular flexibility index (Phi) is 3.91. The standard InChI is InChI=1S/C12H12ClN3O3/c1-18-12(17)9-4-7(14)5-10(13)11(9)15-6-8-2-3-19-16-8/h2-5,15H,6,14H2,1H3. The van der Waals surface area contributed by atoms with Crippen molar-refractivity contribution in [3.8, 4) is 0 Å². The number of esters is 1. The van der Waals surface area contributed by atoms with E-state index in [2.05, 4.69) is 10.5 Å². The van der Waals surface area contributed by atoms with Crippen molar-refractivity contribution in [2.45, 2.75) is 6.54 Å². The van der Waals surface area contributed by atoms with Crippen LogP contribution in [0, 0.1) is 0 Å². The Labute approximate surface area is 114 Å². The van der Waals surface area contributed by atoms with Crippen LogP contribution in [0.15, 0.2) is 29.0 Å². The number of carbonyl (C=O) groups is 1. The zero-order chi connectivity index (χ0) is 13.8. The van der Waals surface area contributed by atoms with Crippen LogP contribution >= 0.6 is 11.6 Å². The third-order valence-corrected chi connectivity index (χ3v) is 2.75. The Balaban J connectivity index is 2.29. The van der Waals surface area contributed by atoms with Crippen molar-refractivity contribution < 1.29 is 14.1 Å². The number of carbonyl (C=O) groups excluding carboxylic acids is 1. The molecule has 0 amide bonds. The van der Waals surface area contributed by atoms with Crippen LogP contribution in [-0.2, 0) is 11.3 Å². The Bertz CT molecular complexity index is 584. The number of ether oxygens (including phenoxy) is 1. The van der Waals surface area contributed by atoms with Gasteiger partial charge in [-0.05, 0) is 12.1 Å². The largest absolute Gasteiger partial charge is 0.465 e. The normalized spacial score (nSPS) is 10.2. The second-order valence-electron chi connectivity index (χ2n) is 3.76. The highest BCUT2D eigenvalue weighted by Gasteiger charge is 2.16. The van der Waals surface area contributed by atoms with Crippen LogP contribution in [0.1, 0.15) is 16.1 Å². The second-order valence-corrected chi connectivity index (χ2v) is 4.17. The van der Waals surface area contributed by atoms with E-state index in [1.54, 1.807) is 12.1 Å². The van der Waals surface area contributed by atoms with Crippen molar-refractivity contribution in [1.82, 2.24) is 5.16 Å². The summed E-state index contributed by atoms with van der Waals surface area (Å²) in [5.41, 5.74) is 7.46. The van der Waals surface area contributed by atoms with E-state index in [4.69, 9.17) is 26.6 Å². The zero-order valence-corrected chi connectivity index (χ0v) is 10.9. The Morgan fingerprint density at radius 1 is 1.58 bits per heavy atom. The van der Waals surface area contributed by atoms with Gasteiger partial charge in [-0.3, -0.25) is 0 Å². The number of benzene rings is 1. The fraction of sp³-hybridized carbons (Fsp3) is 0.167. The predicted molar refractivity (Wildman–Crippen MR) is 71.0 cm³/mol. The fourth-order valence-corrected chi connectivity index (χ4v) is 1.88. The third kappa shape index (κ3) is 2.97. The maximum atomic E-state index is 11.7. The van der Waals surface area contributed by atoms with Gasteiger partial charge >= 0.3 is 5.97 Å². The molecular weight excluding hydrogens is 270 g/mol. The molecule has 0 fully saturated rings. The number of rotatable bonds is 4. The van der Waals surface area contributed by atoms with Crippen LogP contribution in [0.3, 0.4) is 0 Å². The minimum atomic E-state index is -0.517. The highest BCUT2D eigenvalue weighted by atomic mass is 35.5. The number of hydrogen-bond acceptors (Lipinski definition) is 6. The van der Waals surface area contributed by atoms with Gasteiger partial charge in [0.1, 0.15) is 12.0 Å². The lowest BCUT2D eigenvalue weighted by molar-refractivity contribution is 0.0602. The molecule has 2 aromatic rings. The molecule has 0 saturated carbocycles. The Morgan fingerprint density at radius 2 is 2.37 bits per heavy atom. The molecule has 0 spiro atoms. The molecule has 0 atom stereocenters. The molecule has 0 radical (unpaired) electrons. The van der Waals surface area contributed by atoms with E-state index in [0.29, 0.717) is 28.6 Å². The number of hydrogen-bond donors (Lipinski definition) is 2. The molecule has 0 bridgehead atoms. The highest BCUT2D eigenvalue weighted by Crippen LogP contribution is 2.30. The molecule has 19 heavy (non-hydrogen) atoms. The van der Waals surface area contributed by atoms with E-state index >= 15 is 0 Å². The molecule has 0 aliphatic carbocycles. The lowest BCUT2D eigenvalue weighted by Gasteiger charge is -2.12. The van der Waals surface area contributed by atoms with E-state index in [-0.39, 0.29) is 5.56 Å². The quantitative estimate of drug-likeness (QED) is 0.660. The van der Waals surface area contributed by atoms with Gasteiger partial charge in [-0.25, -0.2) is 4.79 Å². The number of nitrogens with zero attached hydrogens (tertiary/aromatic N) is 1. The van der Waals surface area contributed by atoms with Gasteiger partial charge in [0.25, 0.3) is 0 Å². The molecular formula is C12H12ClN3O3. The molecule has 1 heterocycles. The molecule has 2 rings (SSSR count). The van der Waals surface area contributed by atoms with Crippen LogP contribution in [0.25, 0.3) is 0 Å². The first-order valence-corrected chi connectivity index (χ1v) is 5.80. The van der Waals surface area contributed by atoms with Crippen LogP contribution in [0.4, 0.5) is 11.4 Å². The number of nitrogens with two attached hydrogens (primary N) is 1. The maximum Gasteiger partial charge on any atom is 0.340 e. The van der Waals surface area contributed by atoms with Gasteiger partial charge in [0.05, 0.1) is 29.9 Å². The number of halogens is 1. The smallest absolute Gasteiger partial charge is 0.340 e. The summed E-state index contributed by atoms with van der Waals surface area (Å²) < 4.78 is 9.41. The SMILES string of the molecule is COC(=O)c1cc(N)cc(Cl)c1NCc1ccon1. The Morgan fingerprint density at radius 3 is 3.00 bits per heavy atom. The van der Waals surface area contributed by atoms with E-state index in [9.17, 15) is 4.79 Å². The first kappa shape index (κ1) is 13.2. The number of nitrogen functional groups attached to an aromatic ring is 1. The minimum Gasteiger partial charge on any atom is -0.465 e. The third-order valence-electron chi connectivity index (χ3n) is 2.46. The predicted octanol–water partition coefficient (Wildman–Crippen LogP) is 2.31. The van der Waals surface area contributed by atoms with Crippen LogP contribution in [-0.4, -0.2) is 18.2 Å². The number of anilines is 2. The van der Waals surface area contributed by atoms with Crippen molar-refractivity contribution in [2.24, 2.45) is 0 Å². The van der Waals surface area contributed by atoms with E-state index < -0.39 is 5.97 Å². The zero-order valence-electron chi connectivity index (χ0n) is 10.1. The summed E-state index contributed by atoms with van der Waals surface area (Å²) in [6, 6.07) is 4.76. The van der Waals surface area contributed by atoms with Crippen LogP contribution in [0.5, 0.6) is 0 Å². The topological polar surface area (TPSA) is 90.4 Å².